The highest BCUT2D eigenvalue weighted by Gasteiger charge is 2.36. The van der Waals surface area contributed by atoms with E-state index in [-0.39, 0.29) is 11.8 Å². The van der Waals surface area contributed by atoms with Gasteiger partial charge in [0.15, 0.2) is 0 Å². The van der Waals surface area contributed by atoms with Crippen LogP contribution in [0.15, 0.2) is 0 Å². The van der Waals surface area contributed by atoms with Crippen molar-refractivity contribution in [3.05, 3.63) is 11.6 Å². The highest BCUT2D eigenvalue weighted by molar-refractivity contribution is 5.30. The van der Waals surface area contributed by atoms with Gasteiger partial charge in [0, 0.05) is 13.1 Å². The second-order valence-corrected chi connectivity index (χ2v) is 3.60. The van der Waals surface area contributed by atoms with Crippen molar-refractivity contribution in [3.8, 4) is 0 Å². The third-order valence-corrected chi connectivity index (χ3v) is 2.28. The van der Waals surface area contributed by atoms with Gasteiger partial charge in [0.1, 0.15) is 5.82 Å². The van der Waals surface area contributed by atoms with E-state index in [1.54, 1.807) is 4.90 Å². The van der Waals surface area contributed by atoms with Gasteiger partial charge in [0.05, 0.1) is 13.2 Å². The Bertz CT molecular complexity index is 404. The SMILES string of the molecule is Cc1nc(N2CCOCC2)nc(C(F)(F)F)n1. The van der Waals surface area contributed by atoms with Crippen LogP contribution >= 0.6 is 0 Å². The van der Waals surface area contributed by atoms with Crippen LogP contribution < -0.4 is 4.90 Å². The van der Waals surface area contributed by atoms with Crippen molar-refractivity contribution in [2.24, 2.45) is 0 Å². The number of alkyl halides is 3. The summed E-state index contributed by atoms with van der Waals surface area (Å²) in [5.74, 6) is -1.02. The molecule has 94 valence electrons. The molecule has 0 spiro atoms. The lowest BCUT2D eigenvalue weighted by atomic mass is 10.4. The predicted molar refractivity (Wildman–Crippen MR) is 52.6 cm³/mol. The molecule has 2 rings (SSSR count). The van der Waals surface area contributed by atoms with Gasteiger partial charge in [-0.2, -0.15) is 23.1 Å². The van der Waals surface area contributed by atoms with Crippen LogP contribution in [-0.2, 0) is 10.9 Å². The van der Waals surface area contributed by atoms with Crippen molar-refractivity contribution >= 4 is 5.95 Å². The summed E-state index contributed by atoms with van der Waals surface area (Å²) in [5.41, 5.74) is 0. The van der Waals surface area contributed by atoms with Crippen molar-refractivity contribution in [1.82, 2.24) is 15.0 Å². The molecule has 0 unspecified atom stereocenters. The van der Waals surface area contributed by atoms with Gasteiger partial charge in [-0.3, -0.25) is 0 Å². The van der Waals surface area contributed by atoms with E-state index in [4.69, 9.17) is 4.74 Å². The molecule has 1 aliphatic rings. The largest absolute Gasteiger partial charge is 0.451 e. The lowest BCUT2D eigenvalue weighted by molar-refractivity contribution is -0.145. The van der Waals surface area contributed by atoms with Gasteiger partial charge in [0.25, 0.3) is 0 Å². The highest BCUT2D eigenvalue weighted by atomic mass is 19.4. The maximum atomic E-state index is 12.5. The number of rotatable bonds is 1. The van der Waals surface area contributed by atoms with E-state index in [1.165, 1.54) is 6.92 Å². The zero-order chi connectivity index (χ0) is 12.5. The third-order valence-electron chi connectivity index (χ3n) is 2.28. The first kappa shape index (κ1) is 12.0. The first-order valence-corrected chi connectivity index (χ1v) is 5.09. The van der Waals surface area contributed by atoms with Crippen molar-refractivity contribution in [1.29, 1.82) is 0 Å². The fourth-order valence-corrected chi connectivity index (χ4v) is 1.50. The zero-order valence-corrected chi connectivity index (χ0v) is 9.16. The van der Waals surface area contributed by atoms with Gasteiger partial charge >= 0.3 is 6.18 Å². The highest BCUT2D eigenvalue weighted by Crippen LogP contribution is 2.27. The molecule has 1 saturated heterocycles. The Kier molecular flexibility index (Phi) is 3.14. The minimum Gasteiger partial charge on any atom is -0.378 e. The molecule has 17 heavy (non-hydrogen) atoms. The van der Waals surface area contributed by atoms with E-state index in [0.29, 0.717) is 26.3 Å². The molecule has 1 fully saturated rings. The summed E-state index contributed by atoms with van der Waals surface area (Å²) in [7, 11) is 0. The first-order chi connectivity index (χ1) is 7.97. The van der Waals surface area contributed by atoms with E-state index < -0.39 is 12.0 Å². The van der Waals surface area contributed by atoms with Gasteiger partial charge in [0.2, 0.25) is 11.8 Å². The van der Waals surface area contributed by atoms with Crippen LogP contribution in [0.3, 0.4) is 0 Å². The summed E-state index contributed by atoms with van der Waals surface area (Å²) in [6.45, 7) is 3.32. The summed E-state index contributed by atoms with van der Waals surface area (Å²) in [4.78, 5) is 12.3. The van der Waals surface area contributed by atoms with Crippen LogP contribution in [0.25, 0.3) is 0 Å². The molecule has 1 aromatic heterocycles. The maximum Gasteiger partial charge on any atom is 0.451 e. The maximum absolute atomic E-state index is 12.5. The van der Waals surface area contributed by atoms with Crippen molar-refractivity contribution in [2.45, 2.75) is 13.1 Å². The predicted octanol–water partition coefficient (Wildman–Crippen LogP) is 1.04. The number of ether oxygens (including phenoxy) is 1. The molecular formula is C9H11F3N4O. The number of hydrogen-bond acceptors (Lipinski definition) is 5. The zero-order valence-electron chi connectivity index (χ0n) is 9.16. The fraction of sp³-hybridized carbons (Fsp3) is 0.667. The summed E-state index contributed by atoms with van der Waals surface area (Å²) in [5, 5.41) is 0. The summed E-state index contributed by atoms with van der Waals surface area (Å²) in [6, 6.07) is 0. The van der Waals surface area contributed by atoms with E-state index >= 15 is 0 Å². The normalized spacial score (nSPS) is 17.3. The summed E-state index contributed by atoms with van der Waals surface area (Å²) in [6.07, 6.45) is -4.55. The van der Waals surface area contributed by atoms with E-state index in [0.717, 1.165) is 0 Å². The number of nitrogens with zero attached hydrogens (tertiary/aromatic N) is 4. The molecule has 0 aromatic carbocycles. The van der Waals surface area contributed by atoms with Gasteiger partial charge in [-0.05, 0) is 6.92 Å². The molecule has 0 atom stereocenters. The Morgan fingerprint density at radius 2 is 1.76 bits per heavy atom. The van der Waals surface area contributed by atoms with Crippen molar-refractivity contribution in [2.75, 3.05) is 31.2 Å². The van der Waals surface area contributed by atoms with Gasteiger partial charge in [-0.1, -0.05) is 0 Å². The van der Waals surface area contributed by atoms with Crippen LogP contribution in [0, 0.1) is 6.92 Å². The van der Waals surface area contributed by atoms with Crippen LogP contribution in [0.4, 0.5) is 19.1 Å². The third kappa shape index (κ3) is 2.82. The number of morpholine rings is 1. The smallest absolute Gasteiger partial charge is 0.378 e. The Morgan fingerprint density at radius 3 is 2.35 bits per heavy atom. The average Bonchev–Trinajstić information content (AvgIpc) is 2.28. The second kappa shape index (κ2) is 4.44. The van der Waals surface area contributed by atoms with Gasteiger partial charge in [-0.15, -0.1) is 0 Å². The van der Waals surface area contributed by atoms with Gasteiger partial charge < -0.3 is 9.64 Å². The summed E-state index contributed by atoms with van der Waals surface area (Å²) >= 11 is 0. The minimum atomic E-state index is -4.55. The van der Waals surface area contributed by atoms with Crippen LogP contribution in [0.2, 0.25) is 0 Å². The lowest BCUT2D eigenvalue weighted by Crippen LogP contribution is -2.38. The molecule has 1 aliphatic heterocycles. The summed E-state index contributed by atoms with van der Waals surface area (Å²) < 4.78 is 42.7. The van der Waals surface area contributed by atoms with Crippen molar-refractivity contribution < 1.29 is 17.9 Å². The molecule has 0 aliphatic carbocycles. The number of aromatic nitrogens is 3. The number of halogens is 3. The lowest BCUT2D eigenvalue weighted by Gasteiger charge is -2.27. The number of aryl methyl sites for hydroxylation is 1. The van der Waals surface area contributed by atoms with E-state index in [9.17, 15) is 13.2 Å². The van der Waals surface area contributed by atoms with Crippen molar-refractivity contribution in [3.63, 3.8) is 0 Å². The second-order valence-electron chi connectivity index (χ2n) is 3.60. The Hall–Kier alpha value is -1.44. The average molecular weight is 248 g/mol. The Morgan fingerprint density at radius 1 is 1.12 bits per heavy atom. The molecule has 0 N–H and O–H groups in total. The van der Waals surface area contributed by atoms with Crippen LogP contribution in [0.1, 0.15) is 11.6 Å². The van der Waals surface area contributed by atoms with Crippen LogP contribution in [0.5, 0.6) is 0 Å². The molecule has 0 bridgehead atoms. The molecule has 5 nitrogen and oxygen atoms in total. The molecule has 0 amide bonds. The monoisotopic (exact) mass is 248 g/mol. The molecular weight excluding hydrogens is 237 g/mol. The molecule has 0 saturated carbocycles. The topological polar surface area (TPSA) is 51.1 Å². The molecule has 8 heteroatoms. The fourth-order valence-electron chi connectivity index (χ4n) is 1.50. The molecule has 2 heterocycles. The minimum absolute atomic E-state index is 0.0631. The van der Waals surface area contributed by atoms with Crippen LogP contribution in [-0.4, -0.2) is 41.3 Å². The first-order valence-electron chi connectivity index (χ1n) is 5.09. The van der Waals surface area contributed by atoms with E-state index in [2.05, 4.69) is 15.0 Å². The molecule has 1 aromatic rings. The number of hydrogen-bond donors (Lipinski definition) is 0. The number of anilines is 1. The Labute approximate surface area is 95.6 Å². The van der Waals surface area contributed by atoms with Gasteiger partial charge in [-0.25, -0.2) is 4.98 Å². The quantitative estimate of drug-likeness (QED) is 0.743. The standard InChI is InChI=1S/C9H11F3N4O/c1-6-13-7(9(10,11)12)15-8(14-6)16-2-4-17-5-3-16/h2-5H2,1H3. The Balaban J connectivity index is 2.31. The van der Waals surface area contributed by atoms with E-state index in [1.807, 2.05) is 0 Å². The molecule has 0 radical (unpaired) electrons.